The van der Waals surface area contributed by atoms with Crippen LogP contribution in [0.2, 0.25) is 0 Å². The summed E-state index contributed by atoms with van der Waals surface area (Å²) >= 11 is 0. The second-order valence-electron chi connectivity index (χ2n) is 7.27. The lowest BCUT2D eigenvalue weighted by Crippen LogP contribution is -2.42. The van der Waals surface area contributed by atoms with E-state index in [1.54, 1.807) is 7.11 Å². The maximum absolute atomic E-state index is 13.4. The summed E-state index contributed by atoms with van der Waals surface area (Å²) in [5, 5.41) is 3.54. The first-order valence-electron chi connectivity index (χ1n) is 10.2. The fourth-order valence-corrected chi connectivity index (χ4v) is 3.68. The number of rotatable bonds is 7. The van der Waals surface area contributed by atoms with Crippen LogP contribution in [0.4, 0.5) is 5.69 Å². The van der Waals surface area contributed by atoms with Crippen molar-refractivity contribution in [1.82, 2.24) is 4.90 Å². The van der Waals surface area contributed by atoms with Crippen molar-refractivity contribution < 1.29 is 14.3 Å². The lowest BCUT2D eigenvalue weighted by molar-refractivity contribution is 0.0666. The predicted octanol–water partition coefficient (Wildman–Crippen LogP) is 5.25. The highest BCUT2D eigenvalue weighted by atomic mass is 16.5. The third kappa shape index (κ3) is 3.96. The number of carbonyl (C=O) groups excluding carboxylic acids is 1. The molecule has 1 heterocycles. The van der Waals surface area contributed by atoms with E-state index in [0.29, 0.717) is 30.2 Å². The number of ether oxygens (including phenoxy) is 2. The number of para-hydroxylation sites is 1. The van der Waals surface area contributed by atoms with E-state index < -0.39 is 0 Å². The van der Waals surface area contributed by atoms with Crippen molar-refractivity contribution in [2.24, 2.45) is 0 Å². The molecule has 3 aromatic rings. The Labute approximate surface area is 177 Å². The number of fused-ring (bicyclic) bond motifs is 1. The van der Waals surface area contributed by atoms with Crippen LogP contribution in [0.1, 0.15) is 41.0 Å². The SMILES string of the molecule is CCCOc1ccc(C2Nc3ccccc3C(=O)N2Cc2ccccc2)cc1OC. The van der Waals surface area contributed by atoms with E-state index in [0.717, 1.165) is 23.2 Å². The largest absolute Gasteiger partial charge is 0.493 e. The molecule has 0 spiro atoms. The molecule has 1 atom stereocenters. The third-order valence-corrected chi connectivity index (χ3v) is 5.18. The standard InChI is InChI=1S/C25H26N2O3/c1-3-15-30-22-14-13-19(16-23(22)29-2)24-26-21-12-8-7-11-20(21)25(28)27(24)17-18-9-5-4-6-10-18/h4-14,16,24,26H,3,15,17H2,1-2H3. The Morgan fingerprint density at radius 2 is 1.73 bits per heavy atom. The Morgan fingerprint density at radius 3 is 2.50 bits per heavy atom. The van der Waals surface area contributed by atoms with Gasteiger partial charge in [-0.05, 0) is 41.8 Å². The Morgan fingerprint density at radius 1 is 0.967 bits per heavy atom. The monoisotopic (exact) mass is 402 g/mol. The molecule has 1 aliphatic rings. The van der Waals surface area contributed by atoms with E-state index in [1.807, 2.05) is 77.7 Å². The van der Waals surface area contributed by atoms with Gasteiger partial charge in [0, 0.05) is 12.2 Å². The average Bonchev–Trinajstić information content (AvgIpc) is 2.80. The molecule has 0 saturated heterocycles. The highest BCUT2D eigenvalue weighted by Gasteiger charge is 2.33. The summed E-state index contributed by atoms with van der Waals surface area (Å²) in [7, 11) is 1.63. The molecule has 4 rings (SSSR count). The number of nitrogens with zero attached hydrogens (tertiary/aromatic N) is 1. The lowest BCUT2D eigenvalue weighted by Gasteiger charge is -2.38. The number of hydrogen-bond acceptors (Lipinski definition) is 4. The van der Waals surface area contributed by atoms with Crippen LogP contribution in [0, 0.1) is 0 Å². The van der Waals surface area contributed by atoms with Gasteiger partial charge in [-0.1, -0.05) is 55.5 Å². The quantitative estimate of drug-likeness (QED) is 0.586. The first-order chi connectivity index (χ1) is 14.7. The zero-order valence-corrected chi connectivity index (χ0v) is 17.3. The molecule has 1 N–H and O–H groups in total. The lowest BCUT2D eigenvalue weighted by atomic mass is 10.0. The van der Waals surface area contributed by atoms with E-state index in [4.69, 9.17) is 9.47 Å². The molecular formula is C25H26N2O3. The van der Waals surface area contributed by atoms with E-state index in [1.165, 1.54) is 0 Å². The van der Waals surface area contributed by atoms with Crippen molar-refractivity contribution in [1.29, 1.82) is 0 Å². The Bertz CT molecular complexity index is 1020. The topological polar surface area (TPSA) is 50.8 Å². The van der Waals surface area contributed by atoms with Gasteiger partial charge in [0.05, 0.1) is 19.3 Å². The smallest absolute Gasteiger partial charge is 0.258 e. The van der Waals surface area contributed by atoms with Crippen LogP contribution in [-0.2, 0) is 6.54 Å². The Kier molecular flexibility index (Phi) is 5.89. The molecule has 0 saturated carbocycles. The number of amides is 1. The Balaban J connectivity index is 1.72. The van der Waals surface area contributed by atoms with Crippen LogP contribution >= 0.6 is 0 Å². The van der Waals surface area contributed by atoms with E-state index in [9.17, 15) is 4.79 Å². The zero-order chi connectivity index (χ0) is 20.9. The van der Waals surface area contributed by atoms with Crippen LogP contribution in [-0.4, -0.2) is 24.5 Å². The summed E-state index contributed by atoms with van der Waals surface area (Å²) < 4.78 is 11.4. The van der Waals surface area contributed by atoms with Crippen LogP contribution in [0.15, 0.2) is 72.8 Å². The summed E-state index contributed by atoms with van der Waals surface area (Å²) in [5.74, 6) is 1.37. The minimum absolute atomic E-state index is 0.00322. The van der Waals surface area contributed by atoms with E-state index >= 15 is 0 Å². The maximum Gasteiger partial charge on any atom is 0.258 e. The third-order valence-electron chi connectivity index (χ3n) is 5.18. The zero-order valence-electron chi connectivity index (χ0n) is 17.3. The minimum Gasteiger partial charge on any atom is -0.493 e. The molecule has 30 heavy (non-hydrogen) atoms. The molecular weight excluding hydrogens is 376 g/mol. The van der Waals surface area contributed by atoms with Gasteiger partial charge in [-0.3, -0.25) is 4.79 Å². The van der Waals surface area contributed by atoms with E-state index in [2.05, 4.69) is 12.2 Å². The predicted molar refractivity (Wildman–Crippen MR) is 118 cm³/mol. The first-order valence-corrected chi connectivity index (χ1v) is 10.2. The van der Waals surface area contributed by atoms with Gasteiger partial charge in [0.2, 0.25) is 0 Å². The summed E-state index contributed by atoms with van der Waals surface area (Å²) in [4.78, 5) is 15.3. The van der Waals surface area contributed by atoms with Crippen molar-refractivity contribution in [2.45, 2.75) is 26.1 Å². The van der Waals surface area contributed by atoms with Crippen molar-refractivity contribution in [3.8, 4) is 11.5 Å². The van der Waals surface area contributed by atoms with Crippen LogP contribution < -0.4 is 14.8 Å². The number of methoxy groups -OCH3 is 1. The summed E-state index contributed by atoms with van der Waals surface area (Å²) in [6, 6.07) is 23.5. The average molecular weight is 402 g/mol. The van der Waals surface area contributed by atoms with Crippen molar-refractivity contribution in [3.63, 3.8) is 0 Å². The molecule has 0 aliphatic carbocycles. The fraction of sp³-hybridized carbons (Fsp3) is 0.240. The molecule has 0 aromatic heterocycles. The van der Waals surface area contributed by atoms with Gasteiger partial charge in [0.25, 0.3) is 5.91 Å². The second kappa shape index (κ2) is 8.91. The van der Waals surface area contributed by atoms with Gasteiger partial charge in [0.1, 0.15) is 6.17 Å². The molecule has 5 heteroatoms. The summed E-state index contributed by atoms with van der Waals surface area (Å²) in [6.07, 6.45) is 0.604. The van der Waals surface area contributed by atoms with Crippen LogP contribution in [0.25, 0.3) is 0 Å². The molecule has 0 radical (unpaired) electrons. The number of benzene rings is 3. The van der Waals surface area contributed by atoms with Crippen LogP contribution in [0.5, 0.6) is 11.5 Å². The Hall–Kier alpha value is -3.47. The van der Waals surface area contributed by atoms with Gasteiger partial charge in [-0.25, -0.2) is 0 Å². The minimum atomic E-state index is -0.318. The molecule has 0 bridgehead atoms. The first kappa shape index (κ1) is 19.8. The van der Waals surface area contributed by atoms with Crippen molar-refractivity contribution in [3.05, 3.63) is 89.5 Å². The van der Waals surface area contributed by atoms with Gasteiger partial charge >= 0.3 is 0 Å². The fourth-order valence-electron chi connectivity index (χ4n) is 3.68. The van der Waals surface area contributed by atoms with Crippen molar-refractivity contribution >= 4 is 11.6 Å². The van der Waals surface area contributed by atoms with Gasteiger partial charge in [-0.15, -0.1) is 0 Å². The number of nitrogens with one attached hydrogen (secondary N) is 1. The maximum atomic E-state index is 13.4. The number of anilines is 1. The molecule has 154 valence electrons. The number of carbonyl (C=O) groups is 1. The van der Waals surface area contributed by atoms with Crippen LogP contribution in [0.3, 0.4) is 0 Å². The summed E-state index contributed by atoms with van der Waals surface area (Å²) in [5.41, 5.74) is 3.53. The molecule has 1 aliphatic heterocycles. The van der Waals surface area contributed by atoms with Gasteiger partial charge in [0.15, 0.2) is 11.5 Å². The highest BCUT2D eigenvalue weighted by molar-refractivity contribution is 6.01. The van der Waals surface area contributed by atoms with E-state index in [-0.39, 0.29) is 12.1 Å². The molecule has 1 unspecified atom stereocenters. The van der Waals surface area contributed by atoms with Crippen molar-refractivity contribution in [2.75, 3.05) is 19.0 Å². The molecule has 3 aromatic carbocycles. The highest BCUT2D eigenvalue weighted by Crippen LogP contribution is 2.37. The van der Waals surface area contributed by atoms with Gasteiger partial charge < -0.3 is 19.7 Å². The van der Waals surface area contributed by atoms with Gasteiger partial charge in [-0.2, -0.15) is 0 Å². The second-order valence-corrected chi connectivity index (χ2v) is 7.27. The summed E-state index contributed by atoms with van der Waals surface area (Å²) in [6.45, 7) is 3.20. The normalized spacial score (nSPS) is 15.3. The molecule has 5 nitrogen and oxygen atoms in total. The number of hydrogen-bond donors (Lipinski definition) is 1. The molecule has 0 fully saturated rings. The molecule has 1 amide bonds.